The zero-order chi connectivity index (χ0) is 11.4. The summed E-state index contributed by atoms with van der Waals surface area (Å²) in [5.74, 6) is 0. The van der Waals surface area contributed by atoms with Crippen molar-refractivity contribution in [1.82, 2.24) is 0 Å². The molecule has 1 aromatic carbocycles. The van der Waals surface area contributed by atoms with Crippen LogP contribution in [-0.4, -0.2) is 30.5 Å². The summed E-state index contributed by atoms with van der Waals surface area (Å²) in [5, 5.41) is 12.9. The lowest BCUT2D eigenvalue weighted by atomic mass is 9.90. The number of nitrogens with two attached hydrogens (primary N) is 1. The molecule has 2 rings (SSSR count). The average molecular weight is 222 g/mol. The molecule has 16 heavy (non-hydrogen) atoms. The number of nitrogens with one attached hydrogen (secondary N) is 1. The number of hydrogen-bond donors (Lipinski definition) is 3. The predicted molar refractivity (Wildman–Crippen MR) is 64.3 cm³/mol. The number of ether oxygens (including phenoxy) is 1. The van der Waals surface area contributed by atoms with Crippen molar-refractivity contribution in [2.24, 2.45) is 0 Å². The molecule has 1 saturated heterocycles. The van der Waals surface area contributed by atoms with Crippen LogP contribution in [0.1, 0.15) is 12.8 Å². The summed E-state index contributed by atoms with van der Waals surface area (Å²) in [7, 11) is 0. The molecule has 1 aliphatic rings. The lowest BCUT2D eigenvalue weighted by Gasteiger charge is -2.37. The zero-order valence-corrected chi connectivity index (χ0v) is 9.28. The lowest BCUT2D eigenvalue weighted by Crippen LogP contribution is -2.47. The summed E-state index contributed by atoms with van der Waals surface area (Å²) in [5.41, 5.74) is 7.19. The van der Waals surface area contributed by atoms with Gasteiger partial charge in [0.1, 0.15) is 0 Å². The molecule has 4 nitrogen and oxygen atoms in total. The largest absolute Gasteiger partial charge is 0.397 e. The van der Waals surface area contributed by atoms with Crippen molar-refractivity contribution in [1.29, 1.82) is 0 Å². The Bertz CT molecular complexity index is 349. The summed E-state index contributed by atoms with van der Waals surface area (Å²) in [6.07, 6.45) is 1.61. The molecule has 0 bridgehead atoms. The maximum absolute atomic E-state index is 9.53. The van der Waals surface area contributed by atoms with Crippen LogP contribution in [0.25, 0.3) is 0 Å². The Kier molecular flexibility index (Phi) is 3.31. The van der Waals surface area contributed by atoms with Gasteiger partial charge in [0.2, 0.25) is 0 Å². The summed E-state index contributed by atoms with van der Waals surface area (Å²) in [6.45, 7) is 1.46. The average Bonchev–Trinajstić information content (AvgIpc) is 2.33. The number of benzene rings is 1. The molecule has 4 N–H and O–H groups in total. The van der Waals surface area contributed by atoms with Crippen LogP contribution in [0.15, 0.2) is 24.3 Å². The molecule has 0 aliphatic carbocycles. The Morgan fingerprint density at radius 2 is 2.00 bits per heavy atom. The fraction of sp³-hybridized carbons (Fsp3) is 0.500. The van der Waals surface area contributed by atoms with Gasteiger partial charge in [-0.15, -0.1) is 0 Å². The van der Waals surface area contributed by atoms with E-state index in [1.165, 1.54) is 0 Å². The van der Waals surface area contributed by atoms with Crippen molar-refractivity contribution >= 4 is 11.4 Å². The van der Waals surface area contributed by atoms with Gasteiger partial charge >= 0.3 is 0 Å². The SMILES string of the molecule is Nc1ccccc1NC1(CO)CCOCC1. The fourth-order valence-corrected chi connectivity index (χ4v) is 1.98. The normalized spacial score (nSPS) is 19.3. The van der Waals surface area contributed by atoms with Gasteiger partial charge in [-0.2, -0.15) is 0 Å². The Morgan fingerprint density at radius 1 is 1.31 bits per heavy atom. The Labute approximate surface area is 95.4 Å². The number of hydrogen-bond acceptors (Lipinski definition) is 4. The first-order valence-corrected chi connectivity index (χ1v) is 5.57. The standard InChI is InChI=1S/C12H18N2O2/c13-10-3-1-2-4-11(10)14-12(9-15)5-7-16-8-6-12/h1-4,14-15H,5-9,13H2. The maximum Gasteiger partial charge on any atom is 0.0663 e. The van der Waals surface area contributed by atoms with Gasteiger partial charge in [0.05, 0.1) is 23.5 Å². The second-order valence-corrected chi connectivity index (χ2v) is 4.26. The Hall–Kier alpha value is -1.26. The monoisotopic (exact) mass is 222 g/mol. The van der Waals surface area contributed by atoms with E-state index in [0.29, 0.717) is 18.9 Å². The highest BCUT2D eigenvalue weighted by atomic mass is 16.5. The third kappa shape index (κ3) is 2.28. The van der Waals surface area contributed by atoms with Crippen LogP contribution in [-0.2, 0) is 4.74 Å². The molecule has 1 fully saturated rings. The van der Waals surface area contributed by atoms with Gasteiger partial charge in [0, 0.05) is 13.2 Å². The second kappa shape index (κ2) is 4.72. The molecule has 0 radical (unpaired) electrons. The number of para-hydroxylation sites is 2. The molecule has 0 saturated carbocycles. The number of nitrogen functional groups attached to an aromatic ring is 1. The highest BCUT2D eigenvalue weighted by Gasteiger charge is 2.32. The summed E-state index contributed by atoms with van der Waals surface area (Å²) in [6, 6.07) is 7.62. The highest BCUT2D eigenvalue weighted by molar-refractivity contribution is 5.66. The van der Waals surface area contributed by atoms with E-state index in [-0.39, 0.29) is 12.1 Å². The molecule has 0 spiro atoms. The van der Waals surface area contributed by atoms with Crippen LogP contribution in [0.4, 0.5) is 11.4 Å². The molecule has 0 atom stereocenters. The van der Waals surface area contributed by atoms with Crippen LogP contribution in [0.5, 0.6) is 0 Å². The van der Waals surface area contributed by atoms with Gasteiger partial charge in [-0.25, -0.2) is 0 Å². The molecule has 0 amide bonds. The Morgan fingerprint density at radius 3 is 2.62 bits per heavy atom. The van der Waals surface area contributed by atoms with E-state index in [1.807, 2.05) is 24.3 Å². The van der Waals surface area contributed by atoms with E-state index >= 15 is 0 Å². The van der Waals surface area contributed by atoms with Gasteiger partial charge in [0.25, 0.3) is 0 Å². The first-order chi connectivity index (χ1) is 7.76. The van der Waals surface area contributed by atoms with E-state index in [1.54, 1.807) is 0 Å². The summed E-state index contributed by atoms with van der Waals surface area (Å²) >= 11 is 0. The van der Waals surface area contributed by atoms with Gasteiger partial charge in [-0.3, -0.25) is 0 Å². The number of aliphatic hydroxyl groups excluding tert-OH is 1. The van der Waals surface area contributed by atoms with Crippen LogP contribution < -0.4 is 11.1 Å². The first kappa shape index (κ1) is 11.2. The third-order valence-electron chi connectivity index (χ3n) is 3.11. The minimum absolute atomic E-state index is 0.102. The molecule has 0 unspecified atom stereocenters. The number of anilines is 2. The van der Waals surface area contributed by atoms with E-state index in [4.69, 9.17) is 10.5 Å². The fourth-order valence-electron chi connectivity index (χ4n) is 1.98. The van der Waals surface area contributed by atoms with E-state index in [2.05, 4.69) is 5.32 Å². The molecule has 1 heterocycles. The molecule has 1 aliphatic heterocycles. The van der Waals surface area contributed by atoms with Crippen LogP contribution in [0.2, 0.25) is 0 Å². The highest BCUT2D eigenvalue weighted by Crippen LogP contribution is 2.28. The summed E-state index contributed by atoms with van der Waals surface area (Å²) < 4.78 is 5.31. The minimum Gasteiger partial charge on any atom is -0.397 e. The van der Waals surface area contributed by atoms with Crippen molar-refractivity contribution in [3.8, 4) is 0 Å². The van der Waals surface area contributed by atoms with Gasteiger partial charge in [0.15, 0.2) is 0 Å². The quantitative estimate of drug-likeness (QED) is 0.673. The van der Waals surface area contributed by atoms with Crippen LogP contribution >= 0.6 is 0 Å². The smallest absolute Gasteiger partial charge is 0.0663 e. The molecular formula is C12H18N2O2. The van der Waals surface area contributed by atoms with Crippen LogP contribution in [0.3, 0.4) is 0 Å². The maximum atomic E-state index is 9.53. The van der Waals surface area contributed by atoms with Crippen molar-refractivity contribution in [3.63, 3.8) is 0 Å². The number of rotatable bonds is 3. The second-order valence-electron chi connectivity index (χ2n) is 4.26. The van der Waals surface area contributed by atoms with Crippen molar-refractivity contribution in [3.05, 3.63) is 24.3 Å². The molecule has 0 aromatic heterocycles. The first-order valence-electron chi connectivity index (χ1n) is 5.57. The Balaban J connectivity index is 2.15. The lowest BCUT2D eigenvalue weighted by molar-refractivity contribution is 0.0380. The van der Waals surface area contributed by atoms with Gasteiger partial charge in [-0.05, 0) is 25.0 Å². The third-order valence-corrected chi connectivity index (χ3v) is 3.11. The minimum atomic E-state index is -0.284. The van der Waals surface area contributed by atoms with Crippen molar-refractivity contribution in [2.75, 3.05) is 30.9 Å². The van der Waals surface area contributed by atoms with Crippen LogP contribution in [0, 0.1) is 0 Å². The van der Waals surface area contributed by atoms with Gasteiger partial charge < -0.3 is 20.9 Å². The zero-order valence-electron chi connectivity index (χ0n) is 9.28. The molecule has 4 heteroatoms. The molecular weight excluding hydrogens is 204 g/mol. The van der Waals surface area contributed by atoms with Crippen molar-refractivity contribution < 1.29 is 9.84 Å². The van der Waals surface area contributed by atoms with E-state index < -0.39 is 0 Å². The van der Waals surface area contributed by atoms with Gasteiger partial charge in [-0.1, -0.05) is 12.1 Å². The summed E-state index contributed by atoms with van der Waals surface area (Å²) in [4.78, 5) is 0. The molecule has 88 valence electrons. The topological polar surface area (TPSA) is 67.5 Å². The predicted octanol–water partition coefficient (Wildman–Crippen LogP) is 1.22. The molecule has 1 aromatic rings. The van der Waals surface area contributed by atoms with E-state index in [0.717, 1.165) is 18.5 Å². The van der Waals surface area contributed by atoms with Crippen molar-refractivity contribution in [2.45, 2.75) is 18.4 Å². The number of aliphatic hydroxyl groups is 1. The van der Waals surface area contributed by atoms with E-state index in [9.17, 15) is 5.11 Å².